The first-order chi connectivity index (χ1) is 11.9. The Morgan fingerprint density at radius 3 is 1.12 bits per heavy atom. The third kappa shape index (κ3) is 11.0. The molecule has 0 aliphatic heterocycles. The van der Waals surface area contributed by atoms with Crippen molar-refractivity contribution in [3.8, 4) is 0 Å². The van der Waals surface area contributed by atoms with Gasteiger partial charge in [-0.05, 0) is 46.9 Å². The van der Waals surface area contributed by atoms with Gasteiger partial charge in [0.1, 0.15) is 0 Å². The van der Waals surface area contributed by atoms with Crippen LogP contribution in [0.4, 0.5) is 0 Å². The van der Waals surface area contributed by atoms with Crippen molar-refractivity contribution in [3.05, 3.63) is 0 Å². The van der Waals surface area contributed by atoms with E-state index in [2.05, 4.69) is 59.6 Å². The normalized spacial score (nSPS) is 14.9. The second-order valence-corrected chi connectivity index (χ2v) is 11.2. The van der Waals surface area contributed by atoms with Gasteiger partial charge in [-0.1, -0.05) is 111 Å². The molecule has 154 valence electrons. The maximum atomic E-state index is 11.3. The molecule has 2 nitrogen and oxygen atoms in total. The number of unbranched alkanes of at least 4 members (excludes halogenated alkanes) is 7. The molecule has 26 heavy (non-hydrogen) atoms. The zero-order valence-electron chi connectivity index (χ0n) is 16.6. The van der Waals surface area contributed by atoms with Crippen molar-refractivity contribution in [2.45, 2.75) is 102 Å². The van der Waals surface area contributed by atoms with Crippen LogP contribution in [0.25, 0.3) is 0 Å². The highest BCUT2D eigenvalue weighted by molar-refractivity contribution is 9.10. The lowest BCUT2D eigenvalue weighted by Crippen LogP contribution is -2.29. The summed E-state index contributed by atoms with van der Waals surface area (Å²) in [6, 6.07) is 0. The van der Waals surface area contributed by atoms with Crippen LogP contribution in [0, 0.1) is 10.8 Å². The number of halogens is 4. The quantitative estimate of drug-likeness (QED) is 0.121. The average molecular weight is 537 g/mol. The molecule has 2 atom stereocenters. The van der Waals surface area contributed by atoms with Gasteiger partial charge >= 0.3 is 0 Å². The summed E-state index contributed by atoms with van der Waals surface area (Å²) in [6.07, 6.45) is 11.7. The molecule has 0 aromatic rings. The van der Waals surface area contributed by atoms with Crippen molar-refractivity contribution in [1.82, 2.24) is 0 Å². The molecular formula is C20H34Br2Cl2O2. The molecule has 0 bridgehead atoms. The first-order valence-electron chi connectivity index (χ1n) is 9.58. The van der Waals surface area contributed by atoms with Crippen LogP contribution in [0.15, 0.2) is 0 Å². The molecule has 0 saturated heterocycles. The van der Waals surface area contributed by atoms with E-state index in [1.807, 2.05) is 0 Å². The molecule has 0 aromatic carbocycles. The fourth-order valence-corrected chi connectivity index (χ4v) is 4.14. The Morgan fingerprint density at radius 1 is 0.654 bits per heavy atom. The summed E-state index contributed by atoms with van der Waals surface area (Å²) >= 11 is 18.0. The third-order valence-electron chi connectivity index (χ3n) is 5.16. The SMILES string of the molecule is CC(C)(CCCCCCCCCCC(C)(C)[C@@H](Br)C(=O)Cl)[C@@H](Br)C(=O)Cl. The lowest BCUT2D eigenvalue weighted by molar-refractivity contribution is -0.113. The molecule has 0 unspecified atom stereocenters. The van der Waals surface area contributed by atoms with Crippen LogP contribution in [0.2, 0.25) is 0 Å². The van der Waals surface area contributed by atoms with Crippen LogP contribution in [-0.2, 0) is 9.59 Å². The van der Waals surface area contributed by atoms with Crippen molar-refractivity contribution >= 4 is 65.5 Å². The minimum Gasteiger partial charge on any atom is -0.280 e. The van der Waals surface area contributed by atoms with Crippen LogP contribution in [0.1, 0.15) is 91.9 Å². The fraction of sp³-hybridized carbons (Fsp3) is 0.900. The molecule has 0 aromatic heterocycles. The summed E-state index contributed by atoms with van der Waals surface area (Å²) in [7, 11) is 0. The van der Waals surface area contributed by atoms with E-state index in [0.29, 0.717) is 0 Å². The predicted molar refractivity (Wildman–Crippen MR) is 121 cm³/mol. The molecule has 0 radical (unpaired) electrons. The van der Waals surface area contributed by atoms with Gasteiger partial charge in [0, 0.05) is 0 Å². The molecule has 0 N–H and O–H groups in total. The van der Waals surface area contributed by atoms with Crippen molar-refractivity contribution in [2.24, 2.45) is 10.8 Å². The summed E-state index contributed by atoms with van der Waals surface area (Å²) in [5, 5.41) is -0.611. The summed E-state index contributed by atoms with van der Waals surface area (Å²) < 4.78 is 0. The highest BCUT2D eigenvalue weighted by Crippen LogP contribution is 2.35. The van der Waals surface area contributed by atoms with Crippen LogP contribution in [-0.4, -0.2) is 20.1 Å². The van der Waals surface area contributed by atoms with Gasteiger partial charge in [-0.25, -0.2) is 0 Å². The van der Waals surface area contributed by atoms with E-state index in [1.54, 1.807) is 0 Å². The first-order valence-corrected chi connectivity index (χ1v) is 12.2. The molecule has 0 amide bonds. The van der Waals surface area contributed by atoms with Gasteiger partial charge in [-0.3, -0.25) is 9.59 Å². The smallest absolute Gasteiger partial charge is 0.235 e. The second-order valence-electron chi connectivity index (χ2n) is 8.64. The zero-order chi connectivity index (χ0) is 20.4. The number of alkyl halides is 2. The maximum absolute atomic E-state index is 11.3. The molecule has 0 heterocycles. The topological polar surface area (TPSA) is 34.1 Å². The Morgan fingerprint density at radius 2 is 0.885 bits per heavy atom. The van der Waals surface area contributed by atoms with Gasteiger partial charge in [0.2, 0.25) is 10.5 Å². The maximum Gasteiger partial charge on any atom is 0.235 e. The highest BCUT2D eigenvalue weighted by Gasteiger charge is 2.32. The van der Waals surface area contributed by atoms with Crippen LogP contribution in [0.3, 0.4) is 0 Å². The fourth-order valence-electron chi connectivity index (χ4n) is 3.09. The van der Waals surface area contributed by atoms with Gasteiger partial charge < -0.3 is 0 Å². The van der Waals surface area contributed by atoms with Crippen molar-refractivity contribution < 1.29 is 9.59 Å². The molecule has 0 aliphatic rings. The molecule has 0 spiro atoms. The number of rotatable bonds is 15. The van der Waals surface area contributed by atoms with Crippen molar-refractivity contribution in [3.63, 3.8) is 0 Å². The lowest BCUT2D eigenvalue weighted by atomic mass is 9.83. The summed E-state index contributed by atoms with van der Waals surface area (Å²) in [5.41, 5.74) is -0.188. The monoisotopic (exact) mass is 534 g/mol. The molecule has 6 heteroatoms. The minimum atomic E-state index is -0.306. The van der Waals surface area contributed by atoms with Gasteiger partial charge in [0.05, 0.1) is 9.65 Å². The number of carbonyl (C=O) groups is 2. The molecule has 0 saturated carbocycles. The average Bonchev–Trinajstić information content (AvgIpc) is 2.54. The van der Waals surface area contributed by atoms with Crippen molar-refractivity contribution in [1.29, 1.82) is 0 Å². The zero-order valence-corrected chi connectivity index (χ0v) is 21.2. The third-order valence-corrected chi connectivity index (χ3v) is 9.44. The van der Waals surface area contributed by atoms with E-state index in [-0.39, 0.29) is 31.0 Å². The van der Waals surface area contributed by atoms with E-state index in [4.69, 9.17) is 23.2 Å². The van der Waals surface area contributed by atoms with Gasteiger partial charge in [-0.15, -0.1) is 0 Å². The number of hydrogen-bond donors (Lipinski definition) is 0. The van der Waals surface area contributed by atoms with Crippen LogP contribution < -0.4 is 0 Å². The standard InChI is InChI=1S/C20H34Br2Cl2O2/c1-19(2,15(21)17(23)25)13-11-9-7-5-6-8-10-12-14-20(3,4)16(22)18(24)26/h15-16H,5-14H2,1-4H3/t15-,16-/m0/s1. The van der Waals surface area contributed by atoms with Crippen molar-refractivity contribution in [2.75, 3.05) is 0 Å². The number of hydrogen-bond acceptors (Lipinski definition) is 2. The van der Waals surface area contributed by atoms with Gasteiger partial charge in [0.25, 0.3) is 0 Å². The summed E-state index contributed by atoms with van der Waals surface area (Å²) in [4.78, 5) is 22.0. The Hall–Kier alpha value is 0.880. The Kier molecular flexibility index (Phi) is 13.6. The molecule has 0 fully saturated rings. The highest BCUT2D eigenvalue weighted by atomic mass is 79.9. The minimum absolute atomic E-state index is 0.0939. The summed E-state index contributed by atoms with van der Waals surface area (Å²) in [5.74, 6) is 0. The van der Waals surface area contributed by atoms with E-state index in [1.165, 1.54) is 38.5 Å². The largest absolute Gasteiger partial charge is 0.280 e. The van der Waals surface area contributed by atoms with Crippen LogP contribution >= 0.6 is 55.1 Å². The van der Waals surface area contributed by atoms with Crippen LogP contribution in [0.5, 0.6) is 0 Å². The first kappa shape index (κ1) is 26.9. The lowest BCUT2D eigenvalue weighted by Gasteiger charge is -2.28. The summed E-state index contributed by atoms with van der Waals surface area (Å²) in [6.45, 7) is 8.35. The predicted octanol–water partition coefficient (Wildman–Crippen LogP) is 8.00. The van der Waals surface area contributed by atoms with E-state index >= 15 is 0 Å². The van der Waals surface area contributed by atoms with E-state index in [0.717, 1.165) is 25.7 Å². The molecule has 0 aliphatic carbocycles. The van der Waals surface area contributed by atoms with E-state index < -0.39 is 0 Å². The Labute approximate surface area is 186 Å². The van der Waals surface area contributed by atoms with Gasteiger partial charge in [-0.2, -0.15) is 0 Å². The van der Waals surface area contributed by atoms with Gasteiger partial charge in [0.15, 0.2) is 0 Å². The Balaban J connectivity index is 3.69. The molecular weight excluding hydrogens is 503 g/mol. The second kappa shape index (κ2) is 13.2. The van der Waals surface area contributed by atoms with E-state index in [9.17, 15) is 9.59 Å². The molecule has 0 rings (SSSR count). The number of carbonyl (C=O) groups excluding carboxylic acids is 2. The Bertz CT molecular complexity index is 400.